The van der Waals surface area contributed by atoms with E-state index in [4.69, 9.17) is 5.73 Å². The van der Waals surface area contributed by atoms with Crippen molar-refractivity contribution < 1.29 is 0 Å². The van der Waals surface area contributed by atoms with E-state index in [9.17, 15) is 0 Å². The highest BCUT2D eigenvalue weighted by molar-refractivity contribution is 7.12. The molecule has 0 saturated carbocycles. The number of nitrogens with zero attached hydrogens (tertiary/aromatic N) is 1. The molecule has 2 unspecified atom stereocenters. The lowest BCUT2D eigenvalue weighted by atomic mass is 9.87. The van der Waals surface area contributed by atoms with Gasteiger partial charge >= 0.3 is 0 Å². The molecule has 2 nitrogen and oxygen atoms in total. The molecular formula is C17H30N2S. The van der Waals surface area contributed by atoms with Crippen molar-refractivity contribution >= 4 is 11.3 Å². The largest absolute Gasteiger partial charge is 0.330 e. The maximum atomic E-state index is 6.06. The van der Waals surface area contributed by atoms with Crippen LogP contribution in [0.15, 0.2) is 12.1 Å². The third-order valence-electron chi connectivity index (χ3n) is 4.42. The Morgan fingerprint density at radius 1 is 1.35 bits per heavy atom. The van der Waals surface area contributed by atoms with Crippen LogP contribution in [0.1, 0.15) is 63.3 Å². The van der Waals surface area contributed by atoms with Crippen LogP contribution in [0.25, 0.3) is 0 Å². The summed E-state index contributed by atoms with van der Waals surface area (Å²) in [5, 5.41) is 0. The van der Waals surface area contributed by atoms with Gasteiger partial charge in [0.15, 0.2) is 0 Å². The second-order valence-corrected chi connectivity index (χ2v) is 8.48. The van der Waals surface area contributed by atoms with Crippen LogP contribution in [-0.4, -0.2) is 24.0 Å². The van der Waals surface area contributed by atoms with Gasteiger partial charge < -0.3 is 5.73 Å². The van der Waals surface area contributed by atoms with Crippen LogP contribution in [0, 0.1) is 5.92 Å². The highest BCUT2D eigenvalue weighted by Crippen LogP contribution is 2.41. The van der Waals surface area contributed by atoms with Crippen LogP contribution in [0.5, 0.6) is 0 Å². The first-order valence-corrected chi connectivity index (χ1v) is 8.72. The third kappa shape index (κ3) is 3.26. The van der Waals surface area contributed by atoms with Gasteiger partial charge in [-0.2, -0.15) is 0 Å². The first-order chi connectivity index (χ1) is 9.34. The van der Waals surface area contributed by atoms with Crippen LogP contribution < -0.4 is 5.73 Å². The molecular weight excluding hydrogens is 264 g/mol. The molecule has 1 aliphatic heterocycles. The van der Waals surface area contributed by atoms with Crippen molar-refractivity contribution in [1.82, 2.24) is 4.90 Å². The van der Waals surface area contributed by atoms with Gasteiger partial charge in [-0.25, -0.2) is 0 Å². The molecule has 0 amide bonds. The lowest BCUT2D eigenvalue weighted by molar-refractivity contribution is 0.0688. The standard InChI is InChI=1S/C17H30N2S/c1-12(2)19-10-6-7-13(11-18)16(19)14-8-9-15(20-14)17(3,4)5/h8-9,12-13,16H,6-7,10-11,18H2,1-5H3. The number of likely N-dealkylation sites (tertiary alicyclic amines) is 1. The average molecular weight is 295 g/mol. The number of piperidine rings is 1. The number of hydrogen-bond acceptors (Lipinski definition) is 3. The van der Waals surface area contributed by atoms with Crippen LogP contribution in [0.4, 0.5) is 0 Å². The topological polar surface area (TPSA) is 29.3 Å². The Morgan fingerprint density at radius 2 is 2.05 bits per heavy atom. The highest BCUT2D eigenvalue weighted by atomic mass is 32.1. The molecule has 3 heteroatoms. The van der Waals surface area contributed by atoms with Gasteiger partial charge in [0.05, 0.1) is 0 Å². The molecule has 2 N–H and O–H groups in total. The van der Waals surface area contributed by atoms with Crippen molar-refractivity contribution in [2.45, 2.75) is 65.0 Å². The number of thiophene rings is 1. The Morgan fingerprint density at radius 3 is 2.55 bits per heavy atom. The molecule has 20 heavy (non-hydrogen) atoms. The van der Waals surface area contributed by atoms with Gasteiger partial charge in [-0.05, 0) is 63.2 Å². The minimum absolute atomic E-state index is 0.248. The summed E-state index contributed by atoms with van der Waals surface area (Å²) in [7, 11) is 0. The molecule has 1 fully saturated rings. The zero-order valence-electron chi connectivity index (χ0n) is 13.6. The molecule has 0 bridgehead atoms. The lowest BCUT2D eigenvalue weighted by Gasteiger charge is -2.43. The van der Waals surface area contributed by atoms with Crippen LogP contribution in [0.3, 0.4) is 0 Å². The molecule has 114 valence electrons. The molecule has 0 aromatic carbocycles. The summed E-state index contributed by atoms with van der Waals surface area (Å²) in [5.74, 6) is 0.609. The smallest absolute Gasteiger partial charge is 0.0484 e. The van der Waals surface area contributed by atoms with E-state index >= 15 is 0 Å². The predicted molar refractivity (Wildman–Crippen MR) is 89.4 cm³/mol. The van der Waals surface area contributed by atoms with Crippen LogP contribution in [0.2, 0.25) is 0 Å². The molecule has 2 atom stereocenters. The fraction of sp³-hybridized carbons (Fsp3) is 0.765. The van der Waals surface area contributed by atoms with E-state index < -0.39 is 0 Å². The SMILES string of the molecule is CC(C)N1CCCC(CN)C1c1ccc(C(C)(C)C)s1. The van der Waals surface area contributed by atoms with Crippen LogP contribution in [-0.2, 0) is 5.41 Å². The Bertz CT molecular complexity index is 430. The van der Waals surface area contributed by atoms with Gasteiger partial charge in [-0.1, -0.05) is 20.8 Å². The second kappa shape index (κ2) is 6.17. The van der Waals surface area contributed by atoms with Crippen LogP contribution >= 0.6 is 11.3 Å². The normalized spacial score (nSPS) is 25.4. The summed E-state index contributed by atoms with van der Waals surface area (Å²) in [6.07, 6.45) is 2.56. The van der Waals surface area contributed by atoms with E-state index in [0.29, 0.717) is 18.0 Å². The van der Waals surface area contributed by atoms with E-state index in [2.05, 4.69) is 51.7 Å². The van der Waals surface area contributed by atoms with E-state index in [-0.39, 0.29) is 5.41 Å². The minimum Gasteiger partial charge on any atom is -0.330 e. The van der Waals surface area contributed by atoms with Gasteiger partial charge in [-0.3, -0.25) is 4.90 Å². The Hall–Kier alpha value is -0.380. The molecule has 2 rings (SSSR count). The maximum absolute atomic E-state index is 6.06. The lowest BCUT2D eigenvalue weighted by Crippen LogP contribution is -2.44. The van der Waals surface area contributed by atoms with Gasteiger partial charge in [-0.15, -0.1) is 11.3 Å². The minimum atomic E-state index is 0.248. The summed E-state index contributed by atoms with van der Waals surface area (Å²) < 4.78 is 0. The predicted octanol–water partition coefficient (Wildman–Crippen LogP) is 4.17. The van der Waals surface area contributed by atoms with Crippen molar-refractivity contribution in [2.24, 2.45) is 11.7 Å². The number of nitrogens with two attached hydrogens (primary N) is 1. The summed E-state index contributed by atoms with van der Waals surface area (Å²) in [6, 6.07) is 5.78. The molecule has 1 aliphatic rings. The maximum Gasteiger partial charge on any atom is 0.0484 e. The second-order valence-electron chi connectivity index (χ2n) is 7.37. The number of rotatable bonds is 3. The molecule has 1 aromatic rings. The van der Waals surface area contributed by atoms with Gasteiger partial charge in [0.25, 0.3) is 0 Å². The molecule has 1 saturated heterocycles. The Labute approximate surface area is 128 Å². The summed E-state index contributed by atoms with van der Waals surface area (Å²) in [5.41, 5.74) is 6.31. The molecule has 0 radical (unpaired) electrons. The van der Waals surface area contributed by atoms with E-state index in [1.54, 1.807) is 0 Å². The first-order valence-electron chi connectivity index (χ1n) is 7.90. The average Bonchev–Trinajstić information content (AvgIpc) is 2.86. The summed E-state index contributed by atoms with van der Waals surface area (Å²) in [6.45, 7) is 13.5. The van der Waals surface area contributed by atoms with Crippen molar-refractivity contribution in [3.63, 3.8) is 0 Å². The third-order valence-corrected chi connectivity index (χ3v) is 6.00. The molecule has 2 heterocycles. The van der Waals surface area contributed by atoms with Crippen molar-refractivity contribution in [2.75, 3.05) is 13.1 Å². The fourth-order valence-electron chi connectivity index (χ4n) is 3.24. The monoisotopic (exact) mass is 294 g/mol. The summed E-state index contributed by atoms with van der Waals surface area (Å²) in [4.78, 5) is 5.65. The molecule has 0 aliphatic carbocycles. The Balaban J connectivity index is 2.31. The number of hydrogen-bond donors (Lipinski definition) is 1. The van der Waals surface area contributed by atoms with Gasteiger partial charge in [0, 0.05) is 21.8 Å². The zero-order valence-corrected chi connectivity index (χ0v) is 14.5. The summed E-state index contributed by atoms with van der Waals surface area (Å²) >= 11 is 1.99. The van der Waals surface area contributed by atoms with Crippen molar-refractivity contribution in [3.8, 4) is 0 Å². The van der Waals surface area contributed by atoms with E-state index in [0.717, 1.165) is 6.54 Å². The van der Waals surface area contributed by atoms with Crippen molar-refractivity contribution in [3.05, 3.63) is 21.9 Å². The molecule has 0 spiro atoms. The van der Waals surface area contributed by atoms with Crippen molar-refractivity contribution in [1.29, 1.82) is 0 Å². The Kier molecular flexibility index (Phi) is 4.93. The van der Waals surface area contributed by atoms with E-state index in [1.165, 1.54) is 29.1 Å². The fourth-order valence-corrected chi connectivity index (χ4v) is 4.52. The molecule has 1 aromatic heterocycles. The highest BCUT2D eigenvalue weighted by Gasteiger charge is 2.34. The zero-order chi connectivity index (χ0) is 14.9. The van der Waals surface area contributed by atoms with Gasteiger partial charge in [0.2, 0.25) is 0 Å². The quantitative estimate of drug-likeness (QED) is 0.906. The van der Waals surface area contributed by atoms with E-state index in [1.807, 2.05) is 11.3 Å². The first kappa shape index (κ1) is 16.0. The van der Waals surface area contributed by atoms with Gasteiger partial charge in [0.1, 0.15) is 0 Å².